The average Bonchev–Trinajstić information content (AvgIpc) is 3.34. The van der Waals surface area contributed by atoms with Crippen LogP contribution in [0.3, 0.4) is 0 Å². The van der Waals surface area contributed by atoms with Crippen LogP contribution < -0.4 is 9.47 Å². The molecular weight excluding hydrogens is 366 g/mol. The Bertz CT molecular complexity index is 1180. The second-order valence-corrected chi connectivity index (χ2v) is 7.95. The summed E-state index contributed by atoms with van der Waals surface area (Å²) in [5.41, 5.74) is 5.42. The van der Waals surface area contributed by atoms with Crippen molar-refractivity contribution in [2.75, 3.05) is 20.4 Å². The summed E-state index contributed by atoms with van der Waals surface area (Å²) >= 11 is 0. The molecule has 3 aromatic rings. The third-order valence-electron chi connectivity index (χ3n) is 6.38. The number of fused-ring (bicyclic) bond motifs is 5. The molecule has 0 aliphatic carbocycles. The summed E-state index contributed by atoms with van der Waals surface area (Å²) in [6.07, 6.45) is 0.759. The van der Waals surface area contributed by atoms with Gasteiger partial charge in [0.15, 0.2) is 11.5 Å². The fourth-order valence-electron chi connectivity index (χ4n) is 4.93. The minimum absolute atomic E-state index is 0.0663. The Balaban J connectivity index is 1.59. The molecule has 3 aliphatic rings. The third kappa shape index (κ3) is 2.26. The SMILES string of the molecule is C=C1C2Cc3c([nH]c4ccccc34)[C@@H](c3ccc4c(c3)OCO4)N2C(=O)CN1C. The van der Waals surface area contributed by atoms with Crippen molar-refractivity contribution in [2.24, 2.45) is 0 Å². The van der Waals surface area contributed by atoms with Crippen molar-refractivity contribution >= 4 is 16.8 Å². The van der Waals surface area contributed by atoms with Gasteiger partial charge in [0.1, 0.15) is 0 Å². The van der Waals surface area contributed by atoms with Gasteiger partial charge in [0, 0.05) is 35.8 Å². The number of ether oxygens (including phenoxy) is 2. The van der Waals surface area contributed by atoms with Crippen molar-refractivity contribution < 1.29 is 14.3 Å². The topological polar surface area (TPSA) is 57.8 Å². The van der Waals surface area contributed by atoms with Crippen LogP contribution in [0.1, 0.15) is 22.9 Å². The predicted octanol–water partition coefficient (Wildman–Crippen LogP) is 3.20. The number of para-hydroxylation sites is 1. The Morgan fingerprint density at radius 3 is 2.86 bits per heavy atom. The molecule has 1 saturated heterocycles. The van der Waals surface area contributed by atoms with Gasteiger partial charge in [-0.3, -0.25) is 4.79 Å². The molecule has 2 aromatic carbocycles. The Hall–Kier alpha value is -3.41. The largest absolute Gasteiger partial charge is 0.454 e. The quantitative estimate of drug-likeness (QED) is 0.697. The van der Waals surface area contributed by atoms with Crippen molar-refractivity contribution in [3.05, 3.63) is 71.6 Å². The van der Waals surface area contributed by atoms with Gasteiger partial charge >= 0.3 is 0 Å². The number of piperazine rings is 1. The number of aromatic nitrogens is 1. The Labute approximate surface area is 168 Å². The van der Waals surface area contributed by atoms with Crippen LogP contribution in [0.15, 0.2) is 54.7 Å². The highest BCUT2D eigenvalue weighted by Crippen LogP contribution is 2.45. The number of likely N-dealkylation sites (N-methyl/N-ethyl adjacent to an activating group) is 1. The zero-order chi connectivity index (χ0) is 19.7. The minimum atomic E-state index is -0.219. The highest BCUT2D eigenvalue weighted by molar-refractivity contribution is 5.88. The maximum Gasteiger partial charge on any atom is 0.243 e. The maximum atomic E-state index is 13.2. The minimum Gasteiger partial charge on any atom is -0.454 e. The lowest BCUT2D eigenvalue weighted by Crippen LogP contribution is -2.57. The van der Waals surface area contributed by atoms with Crippen LogP contribution in [-0.2, 0) is 11.2 Å². The van der Waals surface area contributed by atoms with E-state index in [-0.39, 0.29) is 24.8 Å². The van der Waals surface area contributed by atoms with E-state index in [9.17, 15) is 4.79 Å². The number of benzene rings is 2. The Morgan fingerprint density at radius 1 is 1.14 bits per heavy atom. The third-order valence-corrected chi connectivity index (χ3v) is 6.38. The number of nitrogens with one attached hydrogen (secondary N) is 1. The van der Waals surface area contributed by atoms with Gasteiger partial charge in [-0.05, 0) is 29.3 Å². The van der Waals surface area contributed by atoms with Gasteiger partial charge in [0.05, 0.1) is 18.6 Å². The van der Waals surface area contributed by atoms with Crippen LogP contribution in [0, 0.1) is 0 Å². The summed E-state index contributed by atoms with van der Waals surface area (Å²) in [5, 5.41) is 1.21. The van der Waals surface area contributed by atoms with Crippen molar-refractivity contribution in [3.63, 3.8) is 0 Å². The predicted molar refractivity (Wildman–Crippen MR) is 109 cm³/mol. The molecule has 3 aliphatic heterocycles. The van der Waals surface area contributed by atoms with Crippen molar-refractivity contribution in [3.8, 4) is 11.5 Å². The van der Waals surface area contributed by atoms with E-state index in [1.807, 2.05) is 41.1 Å². The highest BCUT2D eigenvalue weighted by Gasteiger charge is 2.45. The van der Waals surface area contributed by atoms with E-state index in [0.29, 0.717) is 6.54 Å². The van der Waals surface area contributed by atoms with Crippen molar-refractivity contribution in [1.29, 1.82) is 0 Å². The van der Waals surface area contributed by atoms with E-state index in [2.05, 4.69) is 29.8 Å². The van der Waals surface area contributed by atoms with Gasteiger partial charge in [-0.15, -0.1) is 0 Å². The molecule has 146 valence electrons. The summed E-state index contributed by atoms with van der Waals surface area (Å²) < 4.78 is 11.1. The number of carbonyl (C=O) groups excluding carboxylic acids is 1. The van der Waals surface area contributed by atoms with Gasteiger partial charge in [0.25, 0.3) is 0 Å². The number of hydrogen-bond acceptors (Lipinski definition) is 4. The van der Waals surface area contributed by atoms with E-state index < -0.39 is 0 Å². The smallest absolute Gasteiger partial charge is 0.243 e. The van der Waals surface area contributed by atoms with Crippen LogP contribution >= 0.6 is 0 Å². The first-order valence-electron chi connectivity index (χ1n) is 9.82. The molecule has 4 heterocycles. The van der Waals surface area contributed by atoms with E-state index in [1.54, 1.807) is 0 Å². The summed E-state index contributed by atoms with van der Waals surface area (Å²) in [6, 6.07) is 14.0. The van der Waals surface area contributed by atoms with Crippen LogP contribution in [-0.4, -0.2) is 47.1 Å². The normalized spacial score (nSPS) is 22.8. The number of amides is 1. The van der Waals surface area contributed by atoms with Crippen LogP contribution in [0.4, 0.5) is 0 Å². The second kappa shape index (κ2) is 5.80. The molecule has 2 atom stereocenters. The van der Waals surface area contributed by atoms with Gasteiger partial charge in [0.2, 0.25) is 12.7 Å². The highest BCUT2D eigenvalue weighted by atomic mass is 16.7. The van der Waals surface area contributed by atoms with Gasteiger partial charge in [-0.25, -0.2) is 0 Å². The molecular formula is C23H21N3O3. The number of rotatable bonds is 1. The standard InChI is InChI=1S/C23H21N3O3/c1-13-18-10-16-15-5-3-4-6-17(15)24-22(16)23(26(18)21(27)11-25(13)2)14-7-8-19-20(9-14)29-12-28-19/h3-9,18,23-24H,1,10-12H2,2H3/t18?,23-/m1/s1. The average molecular weight is 387 g/mol. The molecule has 0 spiro atoms. The molecule has 1 unspecified atom stereocenters. The van der Waals surface area contributed by atoms with Crippen LogP contribution in [0.2, 0.25) is 0 Å². The molecule has 6 heteroatoms. The number of nitrogens with zero attached hydrogens (tertiary/aromatic N) is 2. The molecule has 1 aromatic heterocycles. The zero-order valence-electron chi connectivity index (χ0n) is 16.1. The fourth-order valence-corrected chi connectivity index (χ4v) is 4.93. The summed E-state index contributed by atoms with van der Waals surface area (Å²) in [5.74, 6) is 1.58. The second-order valence-electron chi connectivity index (χ2n) is 7.95. The summed E-state index contributed by atoms with van der Waals surface area (Å²) in [6.45, 7) is 4.88. The fraction of sp³-hybridized carbons (Fsp3) is 0.261. The lowest BCUT2D eigenvalue weighted by molar-refractivity contribution is -0.139. The van der Waals surface area contributed by atoms with Crippen LogP contribution in [0.25, 0.3) is 10.9 Å². The first-order chi connectivity index (χ1) is 14.1. The zero-order valence-corrected chi connectivity index (χ0v) is 16.1. The van der Waals surface area contributed by atoms with Crippen LogP contribution in [0.5, 0.6) is 11.5 Å². The lowest BCUT2D eigenvalue weighted by Gasteiger charge is -2.48. The molecule has 1 fully saturated rings. The monoisotopic (exact) mass is 387 g/mol. The number of aromatic amines is 1. The Morgan fingerprint density at radius 2 is 1.97 bits per heavy atom. The molecule has 6 rings (SSSR count). The first kappa shape index (κ1) is 16.5. The van der Waals surface area contributed by atoms with Crippen molar-refractivity contribution in [1.82, 2.24) is 14.8 Å². The molecule has 6 nitrogen and oxygen atoms in total. The number of hydrogen-bond donors (Lipinski definition) is 1. The molecule has 1 N–H and O–H groups in total. The van der Waals surface area contributed by atoms with E-state index in [4.69, 9.17) is 9.47 Å². The lowest BCUT2D eigenvalue weighted by atomic mass is 9.85. The van der Waals surface area contributed by atoms with E-state index in [1.165, 1.54) is 10.9 Å². The van der Waals surface area contributed by atoms with E-state index >= 15 is 0 Å². The first-order valence-corrected chi connectivity index (χ1v) is 9.82. The summed E-state index contributed by atoms with van der Waals surface area (Å²) in [4.78, 5) is 20.8. The summed E-state index contributed by atoms with van der Waals surface area (Å²) in [7, 11) is 1.94. The molecule has 29 heavy (non-hydrogen) atoms. The van der Waals surface area contributed by atoms with E-state index in [0.717, 1.165) is 40.4 Å². The Kier molecular flexibility index (Phi) is 3.30. The molecule has 1 amide bonds. The van der Waals surface area contributed by atoms with Gasteiger partial charge in [-0.1, -0.05) is 30.8 Å². The van der Waals surface area contributed by atoms with Gasteiger partial charge < -0.3 is 24.3 Å². The van der Waals surface area contributed by atoms with Gasteiger partial charge in [-0.2, -0.15) is 0 Å². The number of H-pyrrole nitrogens is 1. The molecule has 0 saturated carbocycles. The maximum absolute atomic E-state index is 13.2. The molecule has 0 radical (unpaired) electrons. The molecule has 0 bridgehead atoms. The van der Waals surface area contributed by atoms with Crippen molar-refractivity contribution in [2.45, 2.75) is 18.5 Å². The number of carbonyl (C=O) groups is 1.